The van der Waals surface area contributed by atoms with E-state index >= 15 is 0 Å². The number of alkyl carbamates (subject to hydrolysis) is 1. The summed E-state index contributed by atoms with van der Waals surface area (Å²) in [5.41, 5.74) is 2.23. The lowest BCUT2D eigenvalue weighted by atomic mass is 9.94. The standard InChI is InChI=1S/C32H41N5O5/c1-21(22-10-6-5-7-11-22)35-30(40)27(18-24-19-33-26-13-9-8-12-25(24)26)36-29(39)23-14-16-37(17-15-23)28(38)20-34-31(41)42-32(2,3)4/h5-13,19,21,23,27,33H,14-18,20H2,1-4H3,(H,34,41)(H,35,40)(H,36,39)/t21-,27-/m0/s1. The third kappa shape index (κ3) is 8.34. The Morgan fingerprint density at radius 3 is 2.33 bits per heavy atom. The van der Waals surface area contributed by atoms with Gasteiger partial charge >= 0.3 is 6.09 Å². The smallest absolute Gasteiger partial charge is 0.408 e. The highest BCUT2D eigenvalue weighted by Gasteiger charge is 2.31. The third-order valence-electron chi connectivity index (χ3n) is 7.39. The van der Waals surface area contributed by atoms with Gasteiger partial charge in [-0.1, -0.05) is 48.5 Å². The largest absolute Gasteiger partial charge is 0.444 e. The Morgan fingerprint density at radius 2 is 1.64 bits per heavy atom. The number of nitrogens with one attached hydrogen (secondary N) is 4. The quantitative estimate of drug-likeness (QED) is 0.308. The number of piperidine rings is 1. The minimum Gasteiger partial charge on any atom is -0.444 e. The van der Waals surface area contributed by atoms with E-state index in [4.69, 9.17) is 4.74 Å². The molecule has 4 N–H and O–H groups in total. The van der Waals surface area contributed by atoms with Gasteiger partial charge in [0.15, 0.2) is 0 Å². The molecule has 2 heterocycles. The van der Waals surface area contributed by atoms with Crippen LogP contribution in [0.4, 0.5) is 4.79 Å². The van der Waals surface area contributed by atoms with Gasteiger partial charge in [0, 0.05) is 42.5 Å². The molecule has 0 unspecified atom stereocenters. The van der Waals surface area contributed by atoms with Crippen LogP contribution in [0.2, 0.25) is 0 Å². The molecule has 42 heavy (non-hydrogen) atoms. The van der Waals surface area contributed by atoms with Crippen LogP contribution in [0.3, 0.4) is 0 Å². The van der Waals surface area contributed by atoms with Crippen molar-refractivity contribution in [2.45, 2.75) is 64.6 Å². The number of fused-ring (bicyclic) bond motifs is 1. The van der Waals surface area contributed by atoms with Crippen molar-refractivity contribution in [3.8, 4) is 0 Å². The zero-order valence-corrected chi connectivity index (χ0v) is 24.7. The van der Waals surface area contributed by atoms with Crippen LogP contribution in [0.1, 0.15) is 57.7 Å². The highest BCUT2D eigenvalue weighted by atomic mass is 16.6. The second-order valence-corrected chi connectivity index (χ2v) is 11.8. The Morgan fingerprint density at radius 1 is 0.976 bits per heavy atom. The van der Waals surface area contributed by atoms with Crippen molar-refractivity contribution in [2.24, 2.45) is 5.92 Å². The van der Waals surface area contributed by atoms with Gasteiger partial charge in [-0.3, -0.25) is 14.4 Å². The molecule has 1 aliphatic rings. The van der Waals surface area contributed by atoms with Crippen LogP contribution in [0.5, 0.6) is 0 Å². The summed E-state index contributed by atoms with van der Waals surface area (Å²) in [5, 5.41) is 9.57. The second-order valence-electron chi connectivity index (χ2n) is 11.8. The SMILES string of the molecule is C[C@H](NC(=O)[C@H](Cc1c[nH]c2ccccc12)NC(=O)C1CCN(C(=O)CNC(=O)OC(C)(C)C)CC1)c1ccccc1. The summed E-state index contributed by atoms with van der Waals surface area (Å²) in [7, 11) is 0. The van der Waals surface area contributed by atoms with Crippen LogP contribution >= 0.6 is 0 Å². The van der Waals surface area contributed by atoms with Crippen LogP contribution in [0.25, 0.3) is 10.9 Å². The number of H-pyrrole nitrogens is 1. The molecular formula is C32H41N5O5. The van der Waals surface area contributed by atoms with Gasteiger partial charge in [-0.15, -0.1) is 0 Å². The predicted octanol–water partition coefficient (Wildman–Crippen LogP) is 3.84. The molecule has 2 atom stereocenters. The monoisotopic (exact) mass is 575 g/mol. The normalized spacial score (nSPS) is 15.5. The van der Waals surface area contributed by atoms with Gasteiger partial charge in [-0.05, 0) is 57.7 Å². The lowest BCUT2D eigenvalue weighted by Gasteiger charge is -2.32. The van der Waals surface area contributed by atoms with Crippen LogP contribution in [0.15, 0.2) is 60.8 Å². The summed E-state index contributed by atoms with van der Waals surface area (Å²) < 4.78 is 5.18. The molecule has 1 aliphatic heterocycles. The van der Waals surface area contributed by atoms with Crippen molar-refractivity contribution in [1.29, 1.82) is 0 Å². The number of aromatic amines is 1. The molecule has 1 saturated heterocycles. The molecule has 4 amide bonds. The predicted molar refractivity (Wildman–Crippen MR) is 160 cm³/mol. The lowest BCUT2D eigenvalue weighted by Crippen LogP contribution is -2.52. The van der Waals surface area contributed by atoms with Crippen LogP contribution in [-0.4, -0.2) is 65.0 Å². The molecular weight excluding hydrogens is 534 g/mol. The number of para-hydroxylation sites is 1. The minimum absolute atomic E-state index is 0.168. The van der Waals surface area contributed by atoms with E-state index in [-0.39, 0.29) is 36.2 Å². The van der Waals surface area contributed by atoms with Gasteiger partial charge in [0.1, 0.15) is 18.2 Å². The van der Waals surface area contributed by atoms with Crippen LogP contribution in [0, 0.1) is 5.92 Å². The fourth-order valence-electron chi connectivity index (χ4n) is 5.12. The van der Waals surface area contributed by atoms with Crippen molar-refractivity contribution < 1.29 is 23.9 Å². The molecule has 1 aromatic heterocycles. The maximum absolute atomic E-state index is 13.5. The number of amides is 4. The van der Waals surface area contributed by atoms with Gasteiger partial charge in [0.2, 0.25) is 17.7 Å². The van der Waals surface area contributed by atoms with E-state index in [2.05, 4.69) is 20.9 Å². The molecule has 0 aliphatic carbocycles. The minimum atomic E-state index is -0.777. The molecule has 10 heteroatoms. The van der Waals surface area contributed by atoms with E-state index in [1.807, 2.05) is 67.7 Å². The Kier molecular flexibility index (Phi) is 9.88. The van der Waals surface area contributed by atoms with Gasteiger partial charge in [-0.2, -0.15) is 0 Å². The number of hydrogen-bond donors (Lipinski definition) is 4. The zero-order chi connectivity index (χ0) is 30.3. The van der Waals surface area contributed by atoms with E-state index < -0.39 is 17.7 Å². The van der Waals surface area contributed by atoms with Gasteiger partial charge in [-0.25, -0.2) is 4.79 Å². The lowest BCUT2D eigenvalue weighted by molar-refractivity contribution is -0.136. The summed E-state index contributed by atoms with van der Waals surface area (Å²) in [5.74, 6) is -1.03. The summed E-state index contributed by atoms with van der Waals surface area (Å²) >= 11 is 0. The molecule has 0 bridgehead atoms. The number of ether oxygens (including phenoxy) is 1. The number of aromatic nitrogens is 1. The fourth-order valence-corrected chi connectivity index (χ4v) is 5.12. The molecule has 0 saturated carbocycles. The number of nitrogens with zero attached hydrogens (tertiary/aromatic N) is 1. The Hall–Kier alpha value is -4.34. The maximum atomic E-state index is 13.5. The number of rotatable bonds is 9. The summed E-state index contributed by atoms with van der Waals surface area (Å²) in [4.78, 5) is 56.3. The number of carbonyl (C=O) groups is 4. The van der Waals surface area contributed by atoms with Gasteiger partial charge in [0.25, 0.3) is 0 Å². The molecule has 0 radical (unpaired) electrons. The Balaban J connectivity index is 1.37. The van der Waals surface area contributed by atoms with Crippen molar-refractivity contribution in [2.75, 3.05) is 19.6 Å². The van der Waals surface area contributed by atoms with E-state index in [1.54, 1.807) is 25.7 Å². The molecule has 10 nitrogen and oxygen atoms in total. The Bertz CT molecular complexity index is 1390. The van der Waals surface area contributed by atoms with E-state index in [1.165, 1.54) is 0 Å². The van der Waals surface area contributed by atoms with Crippen LogP contribution in [-0.2, 0) is 25.5 Å². The van der Waals surface area contributed by atoms with Gasteiger partial charge in [0.05, 0.1) is 6.04 Å². The first kappa shape index (κ1) is 30.6. The van der Waals surface area contributed by atoms with Crippen molar-refractivity contribution >= 4 is 34.7 Å². The fraction of sp³-hybridized carbons (Fsp3) is 0.438. The van der Waals surface area contributed by atoms with Crippen molar-refractivity contribution in [1.82, 2.24) is 25.8 Å². The first-order valence-electron chi connectivity index (χ1n) is 14.5. The van der Waals surface area contributed by atoms with E-state index in [9.17, 15) is 19.2 Å². The molecule has 3 aromatic rings. The molecule has 2 aromatic carbocycles. The average molecular weight is 576 g/mol. The van der Waals surface area contributed by atoms with Gasteiger partial charge < -0.3 is 30.6 Å². The first-order valence-corrected chi connectivity index (χ1v) is 14.5. The number of benzene rings is 2. The Labute approximate surface area is 246 Å². The molecule has 224 valence electrons. The first-order chi connectivity index (χ1) is 20.0. The van der Waals surface area contributed by atoms with Crippen molar-refractivity contribution in [3.63, 3.8) is 0 Å². The third-order valence-corrected chi connectivity index (χ3v) is 7.39. The second kappa shape index (κ2) is 13.5. The highest BCUT2D eigenvalue weighted by Crippen LogP contribution is 2.22. The summed E-state index contributed by atoms with van der Waals surface area (Å²) in [6, 6.07) is 16.5. The summed E-state index contributed by atoms with van der Waals surface area (Å²) in [6.07, 6.45) is 2.49. The molecule has 1 fully saturated rings. The number of likely N-dealkylation sites (tertiary alicyclic amines) is 1. The zero-order valence-electron chi connectivity index (χ0n) is 24.7. The highest BCUT2D eigenvalue weighted by molar-refractivity contribution is 5.90. The molecule has 0 spiro atoms. The summed E-state index contributed by atoms with van der Waals surface area (Å²) in [6.45, 7) is 7.78. The maximum Gasteiger partial charge on any atom is 0.408 e. The van der Waals surface area contributed by atoms with Crippen LogP contribution < -0.4 is 16.0 Å². The van der Waals surface area contributed by atoms with E-state index in [0.29, 0.717) is 32.4 Å². The molecule has 4 rings (SSSR count). The van der Waals surface area contributed by atoms with E-state index in [0.717, 1.165) is 22.0 Å². The number of hydrogen-bond acceptors (Lipinski definition) is 5. The average Bonchev–Trinajstić information content (AvgIpc) is 3.37. The number of carbonyl (C=O) groups excluding carboxylic acids is 4. The topological polar surface area (TPSA) is 133 Å². The van der Waals surface area contributed by atoms with Crippen molar-refractivity contribution in [3.05, 3.63) is 71.9 Å².